The van der Waals surface area contributed by atoms with Gasteiger partial charge < -0.3 is 15.0 Å². The summed E-state index contributed by atoms with van der Waals surface area (Å²) >= 11 is 0. The molecule has 3 rings (SSSR count). The Balaban J connectivity index is 1.33. The van der Waals surface area contributed by atoms with Gasteiger partial charge >= 0.3 is 0 Å². The van der Waals surface area contributed by atoms with Crippen molar-refractivity contribution in [2.45, 2.75) is 13.0 Å². The van der Waals surface area contributed by atoms with Crippen molar-refractivity contribution in [1.29, 1.82) is 0 Å². The molecule has 27 heavy (non-hydrogen) atoms. The first-order chi connectivity index (χ1) is 13.2. The van der Waals surface area contributed by atoms with Gasteiger partial charge in [-0.2, -0.15) is 0 Å². The van der Waals surface area contributed by atoms with Crippen LogP contribution in [-0.4, -0.2) is 62.1 Å². The SMILES string of the molecule is COc1cccc(CCNCC(=O)N2CCN(Cc3ccccc3)CC2)c1. The van der Waals surface area contributed by atoms with Crippen molar-refractivity contribution in [3.63, 3.8) is 0 Å². The molecule has 0 unspecified atom stereocenters. The smallest absolute Gasteiger partial charge is 0.236 e. The molecule has 0 radical (unpaired) electrons. The molecule has 0 bridgehead atoms. The fraction of sp³-hybridized carbons (Fsp3) is 0.409. The van der Waals surface area contributed by atoms with Gasteiger partial charge in [0.1, 0.15) is 5.75 Å². The predicted molar refractivity (Wildman–Crippen MR) is 108 cm³/mol. The van der Waals surface area contributed by atoms with Crippen molar-refractivity contribution in [3.8, 4) is 5.75 Å². The molecule has 1 saturated heterocycles. The lowest BCUT2D eigenvalue weighted by Gasteiger charge is -2.34. The van der Waals surface area contributed by atoms with Gasteiger partial charge in [-0.25, -0.2) is 0 Å². The molecule has 2 aromatic carbocycles. The molecular weight excluding hydrogens is 338 g/mol. The van der Waals surface area contributed by atoms with Crippen molar-refractivity contribution in [1.82, 2.24) is 15.1 Å². The Kier molecular flexibility index (Phi) is 7.25. The van der Waals surface area contributed by atoms with Gasteiger partial charge in [0.15, 0.2) is 0 Å². The molecule has 0 aliphatic carbocycles. The van der Waals surface area contributed by atoms with E-state index in [0.29, 0.717) is 6.54 Å². The number of carbonyl (C=O) groups excluding carboxylic acids is 1. The molecule has 1 aliphatic rings. The fourth-order valence-electron chi connectivity index (χ4n) is 3.36. The van der Waals surface area contributed by atoms with Crippen LogP contribution >= 0.6 is 0 Å². The summed E-state index contributed by atoms with van der Waals surface area (Å²) in [6.07, 6.45) is 0.884. The summed E-state index contributed by atoms with van der Waals surface area (Å²) in [5, 5.41) is 3.27. The van der Waals surface area contributed by atoms with Crippen molar-refractivity contribution in [3.05, 3.63) is 65.7 Å². The number of hydrogen-bond donors (Lipinski definition) is 1. The zero-order valence-electron chi connectivity index (χ0n) is 16.1. The summed E-state index contributed by atoms with van der Waals surface area (Å²) in [7, 11) is 1.68. The Morgan fingerprint density at radius 1 is 1.00 bits per heavy atom. The number of rotatable bonds is 8. The Bertz CT molecular complexity index is 713. The van der Waals surface area contributed by atoms with Crippen LogP contribution in [0.4, 0.5) is 0 Å². The van der Waals surface area contributed by atoms with E-state index in [-0.39, 0.29) is 5.91 Å². The lowest BCUT2D eigenvalue weighted by Crippen LogP contribution is -2.50. The van der Waals surface area contributed by atoms with Gasteiger partial charge in [0.05, 0.1) is 13.7 Å². The maximum Gasteiger partial charge on any atom is 0.236 e. The Hall–Kier alpha value is -2.37. The van der Waals surface area contributed by atoms with E-state index in [0.717, 1.165) is 51.4 Å². The maximum absolute atomic E-state index is 12.4. The molecule has 0 saturated carbocycles. The summed E-state index contributed by atoms with van der Waals surface area (Å²) in [5.74, 6) is 1.07. The van der Waals surface area contributed by atoms with Crippen LogP contribution in [0.2, 0.25) is 0 Å². The largest absolute Gasteiger partial charge is 0.497 e. The van der Waals surface area contributed by atoms with E-state index in [2.05, 4.69) is 40.5 Å². The van der Waals surface area contributed by atoms with Crippen molar-refractivity contribution in [2.75, 3.05) is 46.4 Å². The molecule has 1 aliphatic heterocycles. The molecular formula is C22H29N3O2. The van der Waals surface area contributed by atoms with Gasteiger partial charge in [0, 0.05) is 32.7 Å². The third kappa shape index (κ3) is 6.08. The molecule has 1 amide bonds. The third-order valence-corrected chi connectivity index (χ3v) is 4.97. The minimum Gasteiger partial charge on any atom is -0.497 e. The van der Waals surface area contributed by atoms with Crippen molar-refractivity contribution >= 4 is 5.91 Å². The Morgan fingerprint density at radius 2 is 1.74 bits per heavy atom. The highest BCUT2D eigenvalue weighted by Crippen LogP contribution is 2.12. The summed E-state index contributed by atoms with van der Waals surface area (Å²) in [6, 6.07) is 18.6. The number of ether oxygens (including phenoxy) is 1. The Labute approximate surface area is 161 Å². The van der Waals surface area contributed by atoms with Crippen LogP contribution in [0.5, 0.6) is 5.75 Å². The first-order valence-electron chi connectivity index (χ1n) is 9.62. The fourth-order valence-corrected chi connectivity index (χ4v) is 3.36. The maximum atomic E-state index is 12.4. The number of benzene rings is 2. The van der Waals surface area contributed by atoms with Crippen molar-refractivity contribution in [2.24, 2.45) is 0 Å². The average molecular weight is 367 g/mol. The highest BCUT2D eigenvalue weighted by atomic mass is 16.5. The number of carbonyl (C=O) groups is 1. The number of nitrogens with zero attached hydrogens (tertiary/aromatic N) is 2. The second-order valence-corrected chi connectivity index (χ2v) is 6.92. The van der Waals surface area contributed by atoms with Gasteiger partial charge in [-0.15, -0.1) is 0 Å². The van der Waals surface area contributed by atoms with E-state index in [1.54, 1.807) is 7.11 Å². The predicted octanol–water partition coefficient (Wildman–Crippen LogP) is 2.17. The topological polar surface area (TPSA) is 44.8 Å². The van der Waals surface area contributed by atoms with E-state index < -0.39 is 0 Å². The molecule has 144 valence electrons. The number of methoxy groups -OCH3 is 1. The zero-order valence-corrected chi connectivity index (χ0v) is 16.1. The summed E-state index contributed by atoms with van der Waals surface area (Å²) in [5.41, 5.74) is 2.54. The molecule has 5 nitrogen and oxygen atoms in total. The average Bonchev–Trinajstić information content (AvgIpc) is 2.72. The number of nitrogens with one attached hydrogen (secondary N) is 1. The zero-order chi connectivity index (χ0) is 18.9. The second kappa shape index (κ2) is 10.1. The highest BCUT2D eigenvalue weighted by molar-refractivity contribution is 5.78. The molecule has 5 heteroatoms. The molecule has 0 aromatic heterocycles. The molecule has 0 atom stereocenters. The Morgan fingerprint density at radius 3 is 2.48 bits per heavy atom. The first-order valence-corrected chi connectivity index (χ1v) is 9.62. The van der Waals surface area contributed by atoms with Gasteiger partial charge in [0.25, 0.3) is 0 Å². The van der Waals surface area contributed by atoms with Crippen LogP contribution in [0.3, 0.4) is 0 Å². The standard InChI is InChI=1S/C22H29N3O2/c1-27-21-9-5-8-19(16-21)10-11-23-17-22(26)25-14-12-24(13-15-25)18-20-6-3-2-4-7-20/h2-9,16,23H,10-15,17-18H2,1H3. The molecule has 1 fully saturated rings. The van der Waals surface area contributed by atoms with E-state index in [1.165, 1.54) is 11.1 Å². The van der Waals surface area contributed by atoms with E-state index >= 15 is 0 Å². The van der Waals surface area contributed by atoms with Gasteiger partial charge in [-0.1, -0.05) is 42.5 Å². The van der Waals surface area contributed by atoms with E-state index in [9.17, 15) is 4.79 Å². The lowest BCUT2D eigenvalue weighted by molar-refractivity contribution is -0.132. The van der Waals surface area contributed by atoms with Crippen LogP contribution < -0.4 is 10.1 Å². The molecule has 0 spiro atoms. The normalized spacial score (nSPS) is 14.9. The second-order valence-electron chi connectivity index (χ2n) is 6.92. The van der Waals surface area contributed by atoms with Crippen LogP contribution in [0.25, 0.3) is 0 Å². The quantitative estimate of drug-likeness (QED) is 0.727. The monoisotopic (exact) mass is 367 g/mol. The van der Waals surface area contributed by atoms with E-state index in [1.807, 2.05) is 29.2 Å². The van der Waals surface area contributed by atoms with Crippen LogP contribution in [0, 0.1) is 0 Å². The van der Waals surface area contributed by atoms with Crippen LogP contribution in [0.15, 0.2) is 54.6 Å². The van der Waals surface area contributed by atoms with Gasteiger partial charge in [-0.05, 0) is 36.2 Å². The molecule has 1 heterocycles. The minimum atomic E-state index is 0.194. The lowest BCUT2D eigenvalue weighted by atomic mass is 10.1. The van der Waals surface area contributed by atoms with Gasteiger partial charge in [-0.3, -0.25) is 9.69 Å². The van der Waals surface area contributed by atoms with Gasteiger partial charge in [0.2, 0.25) is 5.91 Å². The van der Waals surface area contributed by atoms with Crippen LogP contribution in [0.1, 0.15) is 11.1 Å². The number of hydrogen-bond acceptors (Lipinski definition) is 4. The van der Waals surface area contributed by atoms with Crippen LogP contribution in [-0.2, 0) is 17.8 Å². The summed E-state index contributed by atoms with van der Waals surface area (Å²) < 4.78 is 5.24. The number of piperazine rings is 1. The minimum absolute atomic E-state index is 0.194. The molecule has 1 N–H and O–H groups in total. The summed E-state index contributed by atoms with van der Waals surface area (Å²) in [4.78, 5) is 16.8. The van der Waals surface area contributed by atoms with E-state index in [4.69, 9.17) is 4.74 Å². The van der Waals surface area contributed by atoms with Crippen molar-refractivity contribution < 1.29 is 9.53 Å². The summed E-state index contributed by atoms with van der Waals surface area (Å²) in [6.45, 7) is 5.64. The molecule has 2 aromatic rings. The first kappa shape index (κ1) is 19.4. The highest BCUT2D eigenvalue weighted by Gasteiger charge is 2.20. The number of amides is 1. The third-order valence-electron chi connectivity index (χ3n) is 4.97.